The molecule has 0 saturated carbocycles. The molecule has 2 heterocycles. The Kier molecular flexibility index (Phi) is 7.70. The summed E-state index contributed by atoms with van der Waals surface area (Å²) in [6.45, 7) is 2.35. The van der Waals surface area contributed by atoms with Crippen LogP contribution in [-0.2, 0) is 16.2 Å². The lowest BCUT2D eigenvalue weighted by Gasteiger charge is -2.13. The third-order valence-corrected chi connectivity index (χ3v) is 7.51. The van der Waals surface area contributed by atoms with Crippen molar-refractivity contribution in [2.24, 2.45) is 0 Å². The van der Waals surface area contributed by atoms with Crippen molar-refractivity contribution < 1.29 is 33.3 Å². The average Bonchev–Trinajstić information content (AvgIpc) is 3.56. The van der Waals surface area contributed by atoms with Gasteiger partial charge in [0.25, 0.3) is 11.1 Å². The summed E-state index contributed by atoms with van der Waals surface area (Å²) in [5.41, 5.74) is 2.15. The first kappa shape index (κ1) is 27.2. The molecule has 42 heavy (non-hydrogen) atoms. The fourth-order valence-electron chi connectivity index (χ4n) is 4.60. The van der Waals surface area contributed by atoms with E-state index in [1.165, 1.54) is 0 Å². The zero-order valence-corrected chi connectivity index (χ0v) is 23.4. The van der Waals surface area contributed by atoms with E-state index in [0.29, 0.717) is 47.5 Å². The summed E-state index contributed by atoms with van der Waals surface area (Å²) in [7, 11) is 0. The fraction of sp³-hybridized carbons (Fsp3) is 0.156. The molecule has 0 radical (unpaired) electrons. The number of nitrogens with zero attached hydrogens (tertiary/aromatic N) is 1. The molecule has 0 unspecified atom stereocenters. The zero-order chi connectivity index (χ0) is 29.1. The number of hydrogen-bond acceptors (Lipinski definition) is 8. The van der Waals surface area contributed by atoms with Gasteiger partial charge in [-0.05, 0) is 77.0 Å². The van der Waals surface area contributed by atoms with Crippen molar-refractivity contribution in [1.29, 1.82) is 0 Å². The normalized spacial score (nSPS) is 15.0. The van der Waals surface area contributed by atoms with Gasteiger partial charge >= 0.3 is 0 Å². The smallest absolute Gasteiger partial charge is 0.294 e. The number of benzene rings is 4. The molecule has 0 spiro atoms. The van der Waals surface area contributed by atoms with E-state index in [-0.39, 0.29) is 11.7 Å². The predicted octanol–water partition coefficient (Wildman–Crippen LogP) is 6.22. The number of rotatable bonds is 9. The van der Waals surface area contributed by atoms with E-state index >= 15 is 0 Å². The van der Waals surface area contributed by atoms with Crippen LogP contribution in [0.5, 0.6) is 23.0 Å². The maximum absolute atomic E-state index is 13.0. The van der Waals surface area contributed by atoms with Gasteiger partial charge in [0.05, 0.1) is 11.5 Å². The topological polar surface area (TPSA) is 103 Å². The summed E-state index contributed by atoms with van der Waals surface area (Å²) in [4.78, 5) is 39.4. The van der Waals surface area contributed by atoms with Gasteiger partial charge in [0.1, 0.15) is 13.2 Å². The Labute approximate surface area is 246 Å². The molecular weight excluding hydrogens is 556 g/mol. The first-order valence-electron chi connectivity index (χ1n) is 13.3. The van der Waals surface area contributed by atoms with Crippen LogP contribution in [0.2, 0.25) is 0 Å². The number of amides is 3. The van der Waals surface area contributed by atoms with Crippen LogP contribution in [0, 0.1) is 0 Å². The third-order valence-electron chi connectivity index (χ3n) is 6.61. The molecule has 9 nitrogen and oxygen atoms in total. The highest BCUT2D eigenvalue weighted by molar-refractivity contribution is 8.18. The molecule has 1 N–H and O–H groups in total. The lowest BCUT2D eigenvalue weighted by Crippen LogP contribution is -2.36. The van der Waals surface area contributed by atoms with Crippen LogP contribution >= 0.6 is 11.8 Å². The summed E-state index contributed by atoms with van der Waals surface area (Å²) in [5, 5.41) is 4.46. The first-order valence-corrected chi connectivity index (χ1v) is 14.1. The van der Waals surface area contributed by atoms with Crippen LogP contribution < -0.4 is 24.3 Å². The molecule has 2 aliphatic heterocycles. The molecule has 0 bridgehead atoms. The zero-order valence-electron chi connectivity index (χ0n) is 22.6. The monoisotopic (exact) mass is 582 g/mol. The van der Waals surface area contributed by atoms with Gasteiger partial charge in [-0.15, -0.1) is 0 Å². The van der Waals surface area contributed by atoms with E-state index < -0.39 is 23.6 Å². The molecule has 6 rings (SSSR count). The van der Waals surface area contributed by atoms with Crippen LogP contribution in [0.15, 0.2) is 83.8 Å². The Bertz CT molecular complexity index is 1740. The molecule has 1 saturated heterocycles. The molecule has 3 amide bonds. The van der Waals surface area contributed by atoms with Crippen molar-refractivity contribution in [3.63, 3.8) is 0 Å². The number of carbonyl (C=O) groups is 3. The van der Waals surface area contributed by atoms with Crippen LogP contribution in [0.4, 0.5) is 10.5 Å². The maximum Gasteiger partial charge on any atom is 0.294 e. The summed E-state index contributed by atoms with van der Waals surface area (Å²) in [6.07, 6.45) is 1.61. The Morgan fingerprint density at radius 1 is 0.929 bits per heavy atom. The van der Waals surface area contributed by atoms with E-state index in [0.717, 1.165) is 33.0 Å². The summed E-state index contributed by atoms with van der Waals surface area (Å²) >= 11 is 0.783. The quantitative estimate of drug-likeness (QED) is 0.232. The van der Waals surface area contributed by atoms with Crippen molar-refractivity contribution in [3.8, 4) is 23.0 Å². The minimum Gasteiger partial charge on any atom is -0.490 e. The van der Waals surface area contributed by atoms with Gasteiger partial charge in [0.15, 0.2) is 23.0 Å². The molecule has 1 fully saturated rings. The van der Waals surface area contributed by atoms with Gasteiger partial charge in [-0.1, -0.05) is 42.5 Å². The van der Waals surface area contributed by atoms with Crippen molar-refractivity contribution in [2.75, 3.05) is 25.3 Å². The number of fused-ring (bicyclic) bond motifs is 2. The number of imide groups is 1. The van der Waals surface area contributed by atoms with Crippen molar-refractivity contribution >= 4 is 51.4 Å². The minimum atomic E-state index is -0.541. The van der Waals surface area contributed by atoms with Crippen molar-refractivity contribution in [2.45, 2.75) is 13.5 Å². The molecule has 0 atom stereocenters. The van der Waals surface area contributed by atoms with Gasteiger partial charge in [-0.3, -0.25) is 19.3 Å². The molecule has 4 aromatic carbocycles. The van der Waals surface area contributed by atoms with Crippen LogP contribution in [0.3, 0.4) is 0 Å². The number of nitrogens with one attached hydrogen (secondary N) is 1. The molecule has 0 aliphatic carbocycles. The Balaban J connectivity index is 1.12. The van der Waals surface area contributed by atoms with Crippen LogP contribution in [-0.4, -0.2) is 41.9 Å². The standard InChI is InChI=1S/C32H26N2O7S/c1-2-38-27-14-20(8-11-25(27)39-18-21-7-9-22-5-3-4-6-23(22)13-21)15-29-31(36)34(32(37)42-29)17-30(35)33-24-10-12-26-28(16-24)41-19-40-26/h3-16H,2,17-19H2,1H3,(H,33,35)/b29-15+. The number of hydrogen-bond donors (Lipinski definition) is 1. The Morgan fingerprint density at radius 3 is 2.62 bits per heavy atom. The van der Waals surface area contributed by atoms with Gasteiger partial charge in [-0.25, -0.2) is 0 Å². The molecular formula is C32H26N2O7S. The lowest BCUT2D eigenvalue weighted by molar-refractivity contribution is -0.127. The van der Waals surface area contributed by atoms with Gasteiger partial charge < -0.3 is 24.3 Å². The molecule has 10 heteroatoms. The second-order valence-electron chi connectivity index (χ2n) is 9.49. The summed E-state index contributed by atoms with van der Waals surface area (Å²) in [5.74, 6) is 1.13. The first-order chi connectivity index (χ1) is 20.5. The molecule has 2 aliphatic rings. The highest BCUT2D eigenvalue weighted by Gasteiger charge is 2.36. The van der Waals surface area contributed by atoms with Crippen LogP contribution in [0.1, 0.15) is 18.1 Å². The molecule has 4 aromatic rings. The van der Waals surface area contributed by atoms with Crippen molar-refractivity contribution in [1.82, 2.24) is 4.90 Å². The predicted molar refractivity (Wildman–Crippen MR) is 160 cm³/mol. The highest BCUT2D eigenvalue weighted by atomic mass is 32.2. The molecule has 0 aromatic heterocycles. The maximum atomic E-state index is 13.0. The third kappa shape index (κ3) is 5.89. The molecule has 212 valence electrons. The van der Waals surface area contributed by atoms with E-state index in [1.807, 2.05) is 25.1 Å². The van der Waals surface area contributed by atoms with E-state index in [1.54, 1.807) is 42.5 Å². The summed E-state index contributed by atoms with van der Waals surface area (Å²) < 4.78 is 22.5. The second-order valence-corrected chi connectivity index (χ2v) is 10.5. The fourth-order valence-corrected chi connectivity index (χ4v) is 5.44. The van der Waals surface area contributed by atoms with Crippen molar-refractivity contribution in [3.05, 3.63) is 94.9 Å². The second kappa shape index (κ2) is 11.9. The van der Waals surface area contributed by atoms with Gasteiger partial charge in [-0.2, -0.15) is 0 Å². The van der Waals surface area contributed by atoms with Gasteiger partial charge in [0.2, 0.25) is 12.7 Å². The lowest BCUT2D eigenvalue weighted by atomic mass is 10.1. The number of thioether (sulfide) groups is 1. The number of carbonyl (C=O) groups excluding carboxylic acids is 3. The Morgan fingerprint density at radius 2 is 1.76 bits per heavy atom. The van der Waals surface area contributed by atoms with Gasteiger partial charge in [0, 0.05) is 11.8 Å². The summed E-state index contributed by atoms with van der Waals surface area (Å²) in [6, 6.07) is 24.6. The van der Waals surface area contributed by atoms with E-state index in [2.05, 4.69) is 29.6 Å². The Hall–Kier alpha value is -4.96. The van der Waals surface area contributed by atoms with E-state index in [9.17, 15) is 14.4 Å². The van der Waals surface area contributed by atoms with E-state index in [4.69, 9.17) is 18.9 Å². The number of anilines is 1. The minimum absolute atomic E-state index is 0.114. The highest BCUT2D eigenvalue weighted by Crippen LogP contribution is 2.36. The average molecular weight is 583 g/mol. The largest absolute Gasteiger partial charge is 0.490 e. The number of ether oxygens (including phenoxy) is 4. The SMILES string of the molecule is CCOc1cc(/C=C2/SC(=O)N(CC(=O)Nc3ccc4c(c3)OCO4)C2=O)ccc1OCc1ccc2ccccc2c1. The van der Waals surface area contributed by atoms with Crippen LogP contribution in [0.25, 0.3) is 16.8 Å².